The van der Waals surface area contributed by atoms with Crippen LogP contribution in [0.25, 0.3) is 0 Å². The normalized spacial score (nSPS) is 15.1. The van der Waals surface area contributed by atoms with E-state index in [1.807, 2.05) is 4.90 Å². The molecular formula is C11H21N3OS. The van der Waals surface area contributed by atoms with Gasteiger partial charge in [-0.15, -0.1) is 0 Å². The fourth-order valence-electron chi connectivity index (χ4n) is 1.59. The van der Waals surface area contributed by atoms with Gasteiger partial charge in [0.1, 0.15) is 0 Å². The first-order valence-electron chi connectivity index (χ1n) is 5.89. The number of amides is 1. The SMILES string of the molecule is CCCN(CC(=O)NCC1CC1)CC(N)=S. The first-order valence-corrected chi connectivity index (χ1v) is 6.30. The van der Waals surface area contributed by atoms with E-state index in [2.05, 4.69) is 12.2 Å². The van der Waals surface area contributed by atoms with Crippen molar-refractivity contribution >= 4 is 23.1 Å². The Hall–Kier alpha value is -0.680. The summed E-state index contributed by atoms with van der Waals surface area (Å²) in [6.45, 7) is 4.69. The van der Waals surface area contributed by atoms with Gasteiger partial charge in [-0.1, -0.05) is 19.1 Å². The Bertz CT molecular complexity index is 254. The second kappa shape index (κ2) is 6.81. The average Bonchev–Trinajstić information content (AvgIpc) is 2.97. The van der Waals surface area contributed by atoms with Gasteiger partial charge in [0.25, 0.3) is 0 Å². The van der Waals surface area contributed by atoms with Crippen molar-refractivity contribution in [2.24, 2.45) is 11.7 Å². The minimum atomic E-state index is 0.0802. The van der Waals surface area contributed by atoms with Gasteiger partial charge in [-0.2, -0.15) is 0 Å². The van der Waals surface area contributed by atoms with Gasteiger partial charge in [0.05, 0.1) is 11.5 Å². The van der Waals surface area contributed by atoms with E-state index >= 15 is 0 Å². The molecule has 4 nitrogen and oxygen atoms in total. The maximum atomic E-state index is 11.6. The Balaban J connectivity index is 2.21. The molecule has 1 saturated carbocycles. The topological polar surface area (TPSA) is 58.4 Å². The molecule has 92 valence electrons. The van der Waals surface area contributed by atoms with E-state index in [-0.39, 0.29) is 5.91 Å². The zero-order chi connectivity index (χ0) is 12.0. The fourth-order valence-corrected chi connectivity index (χ4v) is 1.77. The summed E-state index contributed by atoms with van der Waals surface area (Å²) < 4.78 is 0. The number of nitrogens with two attached hydrogens (primary N) is 1. The van der Waals surface area contributed by atoms with Crippen LogP contribution in [0.3, 0.4) is 0 Å². The Morgan fingerprint density at radius 1 is 1.50 bits per heavy atom. The van der Waals surface area contributed by atoms with Crippen LogP contribution in [-0.4, -0.2) is 42.0 Å². The average molecular weight is 243 g/mol. The second-order valence-corrected chi connectivity index (χ2v) is 4.95. The summed E-state index contributed by atoms with van der Waals surface area (Å²) in [5.74, 6) is 0.802. The number of nitrogens with one attached hydrogen (secondary N) is 1. The summed E-state index contributed by atoms with van der Waals surface area (Å²) in [5.41, 5.74) is 5.49. The molecular weight excluding hydrogens is 222 g/mol. The van der Waals surface area contributed by atoms with E-state index in [1.54, 1.807) is 0 Å². The van der Waals surface area contributed by atoms with E-state index < -0.39 is 0 Å². The summed E-state index contributed by atoms with van der Waals surface area (Å²) in [6, 6.07) is 0. The van der Waals surface area contributed by atoms with Crippen molar-refractivity contribution in [1.29, 1.82) is 0 Å². The maximum absolute atomic E-state index is 11.6. The predicted octanol–water partition coefficient (Wildman–Crippen LogP) is 0.511. The van der Waals surface area contributed by atoms with Crippen LogP contribution in [0.1, 0.15) is 26.2 Å². The highest BCUT2D eigenvalue weighted by atomic mass is 32.1. The predicted molar refractivity (Wildman–Crippen MR) is 69.3 cm³/mol. The van der Waals surface area contributed by atoms with Gasteiger partial charge < -0.3 is 11.1 Å². The number of carbonyl (C=O) groups is 1. The van der Waals surface area contributed by atoms with Crippen molar-refractivity contribution in [2.45, 2.75) is 26.2 Å². The highest BCUT2D eigenvalue weighted by molar-refractivity contribution is 7.80. The van der Waals surface area contributed by atoms with Crippen LogP contribution in [-0.2, 0) is 4.79 Å². The summed E-state index contributed by atoms with van der Waals surface area (Å²) >= 11 is 4.86. The lowest BCUT2D eigenvalue weighted by atomic mass is 10.3. The van der Waals surface area contributed by atoms with Crippen molar-refractivity contribution in [3.05, 3.63) is 0 Å². The summed E-state index contributed by atoms with van der Waals surface area (Å²) in [5, 5.41) is 2.94. The van der Waals surface area contributed by atoms with Crippen molar-refractivity contribution in [1.82, 2.24) is 10.2 Å². The van der Waals surface area contributed by atoms with Gasteiger partial charge in [0.2, 0.25) is 5.91 Å². The molecule has 0 aromatic rings. The molecule has 0 saturated heterocycles. The third-order valence-electron chi connectivity index (χ3n) is 2.57. The first kappa shape index (κ1) is 13.4. The maximum Gasteiger partial charge on any atom is 0.234 e. The molecule has 0 aromatic heterocycles. The lowest BCUT2D eigenvalue weighted by molar-refractivity contribution is -0.122. The first-order chi connectivity index (χ1) is 7.61. The zero-order valence-electron chi connectivity index (χ0n) is 9.87. The van der Waals surface area contributed by atoms with Crippen molar-refractivity contribution in [3.63, 3.8) is 0 Å². The molecule has 0 unspecified atom stereocenters. The highest BCUT2D eigenvalue weighted by Gasteiger charge is 2.21. The Morgan fingerprint density at radius 2 is 2.19 bits per heavy atom. The lowest BCUT2D eigenvalue weighted by Gasteiger charge is -2.20. The molecule has 1 amide bonds. The molecule has 5 heteroatoms. The summed E-state index contributed by atoms with van der Waals surface area (Å²) in [6.07, 6.45) is 3.51. The van der Waals surface area contributed by atoms with Crippen LogP contribution in [0.15, 0.2) is 0 Å². The van der Waals surface area contributed by atoms with Gasteiger partial charge >= 0.3 is 0 Å². The quantitative estimate of drug-likeness (QED) is 0.610. The summed E-state index contributed by atoms with van der Waals surface area (Å²) in [4.78, 5) is 14.0. The Labute approximate surface area is 103 Å². The molecule has 1 fully saturated rings. The number of carbonyl (C=O) groups excluding carboxylic acids is 1. The standard InChI is InChI=1S/C11H21N3OS/c1-2-5-14(7-10(12)16)8-11(15)13-6-9-3-4-9/h9H,2-8H2,1H3,(H2,12,16)(H,13,15). The molecule has 0 radical (unpaired) electrons. The van der Waals surface area contributed by atoms with E-state index in [0.717, 1.165) is 25.4 Å². The molecule has 0 atom stereocenters. The number of hydrogen-bond donors (Lipinski definition) is 2. The Kier molecular flexibility index (Phi) is 5.69. The molecule has 3 N–H and O–H groups in total. The third kappa shape index (κ3) is 6.02. The molecule has 1 aliphatic rings. The highest BCUT2D eigenvalue weighted by Crippen LogP contribution is 2.27. The number of nitrogens with zero attached hydrogens (tertiary/aromatic N) is 1. The molecule has 1 rings (SSSR count). The molecule has 0 heterocycles. The van der Waals surface area contributed by atoms with Gasteiger partial charge in [-0.05, 0) is 31.7 Å². The summed E-state index contributed by atoms with van der Waals surface area (Å²) in [7, 11) is 0. The van der Waals surface area contributed by atoms with Crippen LogP contribution in [0.2, 0.25) is 0 Å². The number of hydrogen-bond acceptors (Lipinski definition) is 3. The molecule has 1 aliphatic carbocycles. The molecule has 0 spiro atoms. The van der Waals surface area contributed by atoms with Crippen molar-refractivity contribution in [3.8, 4) is 0 Å². The second-order valence-electron chi connectivity index (χ2n) is 4.42. The molecule has 16 heavy (non-hydrogen) atoms. The molecule has 0 aliphatic heterocycles. The monoisotopic (exact) mass is 243 g/mol. The number of rotatable bonds is 8. The third-order valence-corrected chi connectivity index (χ3v) is 2.70. The van der Waals surface area contributed by atoms with Gasteiger partial charge in [-0.25, -0.2) is 0 Å². The smallest absolute Gasteiger partial charge is 0.234 e. The van der Waals surface area contributed by atoms with Crippen LogP contribution >= 0.6 is 12.2 Å². The van der Waals surface area contributed by atoms with Gasteiger partial charge in [0, 0.05) is 13.1 Å². The number of thiocarbonyl (C=S) groups is 1. The van der Waals surface area contributed by atoms with Crippen LogP contribution < -0.4 is 11.1 Å². The molecule has 0 bridgehead atoms. The van der Waals surface area contributed by atoms with Crippen LogP contribution in [0.5, 0.6) is 0 Å². The van der Waals surface area contributed by atoms with E-state index in [4.69, 9.17) is 18.0 Å². The molecule has 0 aromatic carbocycles. The lowest BCUT2D eigenvalue weighted by Crippen LogP contribution is -2.41. The fraction of sp³-hybridized carbons (Fsp3) is 0.818. The van der Waals surface area contributed by atoms with Crippen LogP contribution in [0.4, 0.5) is 0 Å². The minimum absolute atomic E-state index is 0.0802. The van der Waals surface area contributed by atoms with E-state index in [9.17, 15) is 4.79 Å². The van der Waals surface area contributed by atoms with E-state index in [0.29, 0.717) is 18.1 Å². The Morgan fingerprint density at radius 3 is 2.69 bits per heavy atom. The largest absolute Gasteiger partial charge is 0.392 e. The minimum Gasteiger partial charge on any atom is -0.392 e. The van der Waals surface area contributed by atoms with E-state index in [1.165, 1.54) is 12.8 Å². The zero-order valence-corrected chi connectivity index (χ0v) is 10.7. The van der Waals surface area contributed by atoms with Crippen molar-refractivity contribution < 1.29 is 4.79 Å². The van der Waals surface area contributed by atoms with Crippen molar-refractivity contribution in [2.75, 3.05) is 26.2 Å². The van der Waals surface area contributed by atoms with Crippen LogP contribution in [0, 0.1) is 5.92 Å². The van der Waals surface area contributed by atoms with Gasteiger partial charge in [-0.3, -0.25) is 9.69 Å². The van der Waals surface area contributed by atoms with Gasteiger partial charge in [0.15, 0.2) is 0 Å².